The summed E-state index contributed by atoms with van der Waals surface area (Å²) in [5.41, 5.74) is 0.460. The van der Waals surface area contributed by atoms with Crippen LogP contribution in [0.4, 0.5) is 0 Å². The molecule has 1 N–H and O–H groups in total. The minimum atomic E-state index is -0.575. The average molecular weight is 168 g/mol. The molecule has 2 rings (SSSR count). The van der Waals surface area contributed by atoms with Crippen molar-refractivity contribution < 1.29 is 9.90 Å². The maximum atomic E-state index is 10.9. The molecule has 0 aromatic carbocycles. The third kappa shape index (κ3) is 1.05. The van der Waals surface area contributed by atoms with Crippen LogP contribution in [-0.4, -0.2) is 11.1 Å². The second-order valence-electron chi connectivity index (χ2n) is 4.49. The number of hydrogen-bond donors (Lipinski definition) is 1. The molecule has 0 amide bonds. The van der Waals surface area contributed by atoms with Crippen LogP contribution in [0.2, 0.25) is 0 Å². The van der Waals surface area contributed by atoms with Crippen molar-refractivity contribution in [2.45, 2.75) is 39.0 Å². The van der Waals surface area contributed by atoms with Gasteiger partial charge in [-0.15, -0.1) is 0 Å². The van der Waals surface area contributed by atoms with Crippen molar-refractivity contribution in [1.82, 2.24) is 0 Å². The molecule has 0 aromatic heterocycles. The Labute approximate surface area is 73.0 Å². The molecule has 0 aromatic rings. The van der Waals surface area contributed by atoms with Gasteiger partial charge in [0, 0.05) is 0 Å². The van der Waals surface area contributed by atoms with Crippen molar-refractivity contribution >= 4 is 5.97 Å². The quantitative estimate of drug-likeness (QED) is 0.652. The molecule has 2 heteroatoms. The highest BCUT2D eigenvalue weighted by atomic mass is 16.4. The van der Waals surface area contributed by atoms with Gasteiger partial charge in [0.2, 0.25) is 0 Å². The molecule has 2 atom stereocenters. The highest BCUT2D eigenvalue weighted by Crippen LogP contribution is 2.60. The van der Waals surface area contributed by atoms with Gasteiger partial charge in [0.1, 0.15) is 0 Å². The summed E-state index contributed by atoms with van der Waals surface area (Å²) in [5.74, 6) is -0.210. The maximum absolute atomic E-state index is 10.9. The summed E-state index contributed by atoms with van der Waals surface area (Å²) in [6, 6.07) is 0. The van der Waals surface area contributed by atoms with Gasteiger partial charge >= 0.3 is 5.97 Å². The summed E-state index contributed by atoms with van der Waals surface area (Å²) in [5, 5.41) is 8.97. The van der Waals surface area contributed by atoms with E-state index in [9.17, 15) is 4.79 Å². The highest BCUT2D eigenvalue weighted by Gasteiger charge is 2.52. The smallest absolute Gasteiger partial charge is 0.306 e. The molecular formula is C10H16O2. The first-order chi connectivity index (χ1) is 5.66. The summed E-state index contributed by atoms with van der Waals surface area (Å²) in [6.45, 7) is 2.13. The van der Waals surface area contributed by atoms with Crippen molar-refractivity contribution in [3.05, 3.63) is 0 Å². The van der Waals surface area contributed by atoms with Gasteiger partial charge in [0.05, 0.1) is 5.92 Å². The zero-order valence-corrected chi connectivity index (χ0v) is 7.55. The minimum Gasteiger partial charge on any atom is -0.481 e. The molecule has 12 heavy (non-hydrogen) atoms. The van der Waals surface area contributed by atoms with E-state index in [2.05, 4.69) is 6.92 Å². The summed E-state index contributed by atoms with van der Waals surface area (Å²) in [4.78, 5) is 10.9. The van der Waals surface area contributed by atoms with Crippen LogP contribution < -0.4 is 0 Å². The van der Waals surface area contributed by atoms with Crippen molar-refractivity contribution in [2.75, 3.05) is 0 Å². The van der Waals surface area contributed by atoms with Gasteiger partial charge in [-0.05, 0) is 37.0 Å². The lowest BCUT2D eigenvalue weighted by Crippen LogP contribution is -2.32. The number of carbonyl (C=O) groups is 1. The lowest BCUT2D eigenvalue weighted by atomic mass is 9.70. The SMILES string of the molecule is CC1C(C(=O)O)CCCC12CC2. The Kier molecular flexibility index (Phi) is 1.67. The third-order valence-electron chi connectivity index (χ3n) is 3.97. The minimum absolute atomic E-state index is 0.0544. The second kappa shape index (κ2) is 2.48. The van der Waals surface area contributed by atoms with Gasteiger partial charge in [0.25, 0.3) is 0 Å². The van der Waals surface area contributed by atoms with Crippen LogP contribution in [0, 0.1) is 17.3 Å². The fraction of sp³-hybridized carbons (Fsp3) is 0.900. The third-order valence-corrected chi connectivity index (χ3v) is 3.97. The number of rotatable bonds is 1. The van der Waals surface area contributed by atoms with Crippen LogP contribution >= 0.6 is 0 Å². The number of carboxylic acid groups (broad SMARTS) is 1. The van der Waals surface area contributed by atoms with E-state index in [1.165, 1.54) is 19.3 Å². The van der Waals surface area contributed by atoms with E-state index in [4.69, 9.17) is 5.11 Å². The Morgan fingerprint density at radius 3 is 2.58 bits per heavy atom. The van der Waals surface area contributed by atoms with Gasteiger partial charge in [-0.2, -0.15) is 0 Å². The molecule has 68 valence electrons. The van der Waals surface area contributed by atoms with Crippen LogP contribution in [0.3, 0.4) is 0 Å². The Hall–Kier alpha value is -0.530. The standard InChI is InChI=1S/C10H16O2/c1-7-8(9(11)12)3-2-4-10(7)5-6-10/h7-8H,2-6H2,1H3,(H,11,12). The molecule has 0 saturated heterocycles. The van der Waals surface area contributed by atoms with Crippen molar-refractivity contribution in [3.8, 4) is 0 Å². The lowest BCUT2D eigenvalue weighted by Gasteiger charge is -2.33. The molecule has 0 bridgehead atoms. The fourth-order valence-corrected chi connectivity index (χ4v) is 2.78. The van der Waals surface area contributed by atoms with Crippen LogP contribution in [-0.2, 0) is 4.79 Å². The maximum Gasteiger partial charge on any atom is 0.306 e. The van der Waals surface area contributed by atoms with Crippen molar-refractivity contribution in [2.24, 2.45) is 17.3 Å². The summed E-state index contributed by atoms with van der Waals surface area (Å²) in [6.07, 6.45) is 5.85. The Balaban J connectivity index is 2.11. The number of carboxylic acids is 1. The van der Waals surface area contributed by atoms with Crippen LogP contribution in [0.25, 0.3) is 0 Å². The molecule has 2 unspecified atom stereocenters. The molecule has 1 spiro atoms. The normalized spacial score (nSPS) is 38.1. The first-order valence-electron chi connectivity index (χ1n) is 4.88. The summed E-state index contributed by atoms with van der Waals surface area (Å²) >= 11 is 0. The first kappa shape index (κ1) is 8.09. The number of hydrogen-bond acceptors (Lipinski definition) is 1. The molecule has 2 fully saturated rings. The Morgan fingerprint density at radius 2 is 2.08 bits per heavy atom. The van der Waals surface area contributed by atoms with Gasteiger partial charge in [-0.25, -0.2) is 0 Å². The fourth-order valence-electron chi connectivity index (χ4n) is 2.78. The lowest BCUT2D eigenvalue weighted by molar-refractivity contribution is -0.146. The summed E-state index contributed by atoms with van der Waals surface area (Å²) < 4.78 is 0. The van der Waals surface area contributed by atoms with Gasteiger partial charge in [-0.1, -0.05) is 13.3 Å². The van der Waals surface area contributed by atoms with E-state index in [1.807, 2.05) is 0 Å². The zero-order valence-electron chi connectivity index (χ0n) is 7.55. The van der Waals surface area contributed by atoms with E-state index in [0.29, 0.717) is 11.3 Å². The van der Waals surface area contributed by atoms with Gasteiger partial charge < -0.3 is 5.11 Å². The average Bonchev–Trinajstić information content (AvgIpc) is 2.76. The van der Waals surface area contributed by atoms with Crippen LogP contribution in [0.15, 0.2) is 0 Å². The topological polar surface area (TPSA) is 37.3 Å². The molecule has 0 heterocycles. The first-order valence-corrected chi connectivity index (χ1v) is 4.88. The number of aliphatic carboxylic acids is 1. The van der Waals surface area contributed by atoms with Crippen LogP contribution in [0.5, 0.6) is 0 Å². The van der Waals surface area contributed by atoms with E-state index < -0.39 is 5.97 Å². The van der Waals surface area contributed by atoms with Crippen molar-refractivity contribution in [3.63, 3.8) is 0 Å². The second-order valence-corrected chi connectivity index (χ2v) is 4.49. The van der Waals surface area contributed by atoms with Gasteiger partial charge in [0.15, 0.2) is 0 Å². The molecule has 2 aliphatic rings. The van der Waals surface area contributed by atoms with Gasteiger partial charge in [-0.3, -0.25) is 4.79 Å². The molecule has 2 saturated carbocycles. The van der Waals surface area contributed by atoms with E-state index in [-0.39, 0.29) is 5.92 Å². The monoisotopic (exact) mass is 168 g/mol. The van der Waals surface area contributed by atoms with E-state index in [1.54, 1.807) is 0 Å². The predicted molar refractivity (Wildman–Crippen MR) is 45.8 cm³/mol. The summed E-state index contributed by atoms with van der Waals surface area (Å²) in [7, 11) is 0. The van der Waals surface area contributed by atoms with E-state index >= 15 is 0 Å². The predicted octanol–water partition coefficient (Wildman–Crippen LogP) is 2.29. The molecule has 0 aliphatic heterocycles. The van der Waals surface area contributed by atoms with Crippen molar-refractivity contribution in [1.29, 1.82) is 0 Å². The van der Waals surface area contributed by atoms with Crippen LogP contribution in [0.1, 0.15) is 39.0 Å². The highest BCUT2D eigenvalue weighted by molar-refractivity contribution is 5.70. The molecule has 2 nitrogen and oxygen atoms in total. The Morgan fingerprint density at radius 1 is 1.42 bits per heavy atom. The molecule has 0 radical (unpaired) electrons. The molecular weight excluding hydrogens is 152 g/mol. The van der Waals surface area contributed by atoms with E-state index in [0.717, 1.165) is 12.8 Å². The largest absolute Gasteiger partial charge is 0.481 e. The molecule has 2 aliphatic carbocycles. The Bertz CT molecular complexity index is 206. The zero-order chi connectivity index (χ0) is 8.77.